The summed E-state index contributed by atoms with van der Waals surface area (Å²) in [5.41, 5.74) is 1.13. The Balaban J connectivity index is 2.16. The van der Waals surface area contributed by atoms with Crippen molar-refractivity contribution in [1.29, 1.82) is 0 Å². The topological polar surface area (TPSA) is 24.9 Å². The van der Waals surface area contributed by atoms with E-state index >= 15 is 0 Å². The van der Waals surface area contributed by atoms with Crippen LogP contribution in [0.5, 0.6) is 0 Å². The molecule has 0 aliphatic carbocycles. The Hall–Kier alpha value is -0.0600. The highest BCUT2D eigenvalue weighted by Gasteiger charge is 2.07. The first-order valence-corrected chi connectivity index (χ1v) is 7.65. The van der Waals surface area contributed by atoms with Crippen LogP contribution in [0.1, 0.15) is 36.5 Å². The van der Waals surface area contributed by atoms with Crippen molar-refractivity contribution in [2.75, 3.05) is 18.6 Å². The molecule has 2 nitrogen and oxygen atoms in total. The number of aryl methyl sites for hydroxylation is 1. The number of unbranched alkanes of at least 4 members (excludes halogenated alkanes) is 1. The van der Waals surface area contributed by atoms with E-state index in [0.29, 0.717) is 6.04 Å². The van der Waals surface area contributed by atoms with Gasteiger partial charge < -0.3 is 5.32 Å². The molecule has 1 heterocycles. The normalized spacial score (nSPS) is 13.0. The number of nitrogens with zero attached hydrogens (tertiary/aromatic N) is 1. The summed E-state index contributed by atoms with van der Waals surface area (Å²) in [5, 5.41) is 6.83. The average molecular weight is 244 g/mol. The molecule has 0 aliphatic heterocycles. The summed E-state index contributed by atoms with van der Waals surface area (Å²) in [6.07, 6.45) is 4.72. The second kappa shape index (κ2) is 7.25. The van der Waals surface area contributed by atoms with Gasteiger partial charge in [-0.05, 0) is 45.2 Å². The van der Waals surface area contributed by atoms with Crippen LogP contribution in [0, 0.1) is 6.92 Å². The molecular weight excluding hydrogens is 224 g/mol. The van der Waals surface area contributed by atoms with Crippen LogP contribution < -0.4 is 5.32 Å². The van der Waals surface area contributed by atoms with Gasteiger partial charge >= 0.3 is 0 Å². The van der Waals surface area contributed by atoms with Gasteiger partial charge in [-0.1, -0.05) is 0 Å². The monoisotopic (exact) mass is 244 g/mol. The van der Waals surface area contributed by atoms with Gasteiger partial charge in [0.1, 0.15) is 5.01 Å². The van der Waals surface area contributed by atoms with Gasteiger partial charge in [-0.15, -0.1) is 11.3 Å². The standard InChI is InChI=1S/C11H20N2S2/c1-9-8-15-11(13-9)10(2)12-6-4-5-7-14-3/h8,10,12H,4-7H2,1-3H3. The molecule has 0 aromatic carbocycles. The Bertz CT molecular complexity index is 273. The summed E-state index contributed by atoms with van der Waals surface area (Å²) in [5.74, 6) is 1.27. The van der Waals surface area contributed by atoms with Gasteiger partial charge in [0, 0.05) is 11.1 Å². The Morgan fingerprint density at radius 2 is 2.33 bits per heavy atom. The molecule has 1 aromatic heterocycles. The fraction of sp³-hybridized carbons (Fsp3) is 0.727. The number of nitrogens with one attached hydrogen (secondary N) is 1. The van der Waals surface area contributed by atoms with Crippen molar-refractivity contribution >= 4 is 23.1 Å². The van der Waals surface area contributed by atoms with E-state index < -0.39 is 0 Å². The van der Waals surface area contributed by atoms with Crippen LogP contribution in [0.25, 0.3) is 0 Å². The summed E-state index contributed by atoms with van der Waals surface area (Å²) in [6, 6.07) is 0.401. The molecule has 15 heavy (non-hydrogen) atoms. The highest BCUT2D eigenvalue weighted by atomic mass is 32.2. The molecule has 86 valence electrons. The number of aromatic nitrogens is 1. The molecule has 0 saturated carbocycles. The molecule has 1 atom stereocenters. The summed E-state index contributed by atoms with van der Waals surface area (Å²) >= 11 is 3.67. The lowest BCUT2D eigenvalue weighted by atomic mass is 10.3. The van der Waals surface area contributed by atoms with Crippen LogP contribution >= 0.6 is 23.1 Å². The summed E-state index contributed by atoms with van der Waals surface area (Å²) in [6.45, 7) is 5.33. The zero-order valence-electron chi connectivity index (χ0n) is 9.75. The molecule has 0 fully saturated rings. The molecule has 1 N–H and O–H groups in total. The molecule has 0 spiro atoms. The lowest BCUT2D eigenvalue weighted by Gasteiger charge is -2.10. The second-order valence-electron chi connectivity index (χ2n) is 3.70. The van der Waals surface area contributed by atoms with E-state index in [1.54, 1.807) is 11.3 Å². The average Bonchev–Trinajstić information content (AvgIpc) is 2.64. The van der Waals surface area contributed by atoms with Gasteiger partial charge in [0.2, 0.25) is 0 Å². The molecular formula is C11H20N2S2. The van der Waals surface area contributed by atoms with Crippen molar-refractivity contribution in [2.45, 2.75) is 32.7 Å². The maximum atomic E-state index is 4.48. The number of hydrogen-bond acceptors (Lipinski definition) is 4. The highest BCUT2D eigenvalue weighted by molar-refractivity contribution is 7.98. The summed E-state index contributed by atoms with van der Waals surface area (Å²) in [7, 11) is 0. The van der Waals surface area contributed by atoms with Crippen molar-refractivity contribution < 1.29 is 0 Å². The Labute approximate surface area is 101 Å². The molecule has 0 radical (unpaired) electrons. The lowest BCUT2D eigenvalue weighted by molar-refractivity contribution is 0.553. The number of rotatable bonds is 7. The first kappa shape index (κ1) is 13.0. The van der Waals surface area contributed by atoms with E-state index in [2.05, 4.69) is 28.9 Å². The molecule has 1 unspecified atom stereocenters. The minimum Gasteiger partial charge on any atom is -0.308 e. The van der Waals surface area contributed by atoms with Crippen molar-refractivity contribution in [2.24, 2.45) is 0 Å². The van der Waals surface area contributed by atoms with E-state index in [0.717, 1.165) is 12.2 Å². The van der Waals surface area contributed by atoms with Gasteiger partial charge in [-0.2, -0.15) is 11.8 Å². The maximum Gasteiger partial charge on any atom is 0.110 e. The smallest absolute Gasteiger partial charge is 0.110 e. The van der Waals surface area contributed by atoms with Gasteiger partial charge in [0.25, 0.3) is 0 Å². The highest BCUT2D eigenvalue weighted by Crippen LogP contribution is 2.17. The van der Waals surface area contributed by atoms with Crippen molar-refractivity contribution in [1.82, 2.24) is 10.3 Å². The van der Waals surface area contributed by atoms with Crippen molar-refractivity contribution in [3.8, 4) is 0 Å². The van der Waals surface area contributed by atoms with Crippen LogP contribution in [0.15, 0.2) is 5.38 Å². The molecule has 4 heteroatoms. The predicted octanol–water partition coefficient (Wildman–Crippen LogP) is 3.25. The van der Waals surface area contributed by atoms with Crippen molar-refractivity contribution in [3.63, 3.8) is 0 Å². The summed E-state index contributed by atoms with van der Waals surface area (Å²) in [4.78, 5) is 4.48. The van der Waals surface area contributed by atoms with Crippen LogP contribution in [0.3, 0.4) is 0 Å². The largest absolute Gasteiger partial charge is 0.308 e. The minimum atomic E-state index is 0.401. The van der Waals surface area contributed by atoms with Crippen LogP contribution in [-0.4, -0.2) is 23.5 Å². The number of thiazole rings is 1. The molecule has 0 aliphatic rings. The molecule has 0 amide bonds. The SMILES string of the molecule is CSCCCCNC(C)c1nc(C)cs1. The zero-order chi connectivity index (χ0) is 11.1. The van der Waals surface area contributed by atoms with E-state index in [-0.39, 0.29) is 0 Å². The van der Waals surface area contributed by atoms with E-state index in [1.807, 2.05) is 18.7 Å². The third-order valence-electron chi connectivity index (χ3n) is 2.23. The van der Waals surface area contributed by atoms with Crippen molar-refractivity contribution in [3.05, 3.63) is 16.1 Å². The summed E-state index contributed by atoms with van der Waals surface area (Å²) < 4.78 is 0. The molecule has 1 aromatic rings. The van der Waals surface area contributed by atoms with Crippen LogP contribution in [-0.2, 0) is 0 Å². The Kier molecular flexibility index (Phi) is 6.29. The predicted molar refractivity (Wildman–Crippen MR) is 70.9 cm³/mol. The second-order valence-corrected chi connectivity index (χ2v) is 5.58. The fourth-order valence-corrected chi connectivity index (χ4v) is 2.67. The van der Waals surface area contributed by atoms with Gasteiger partial charge in [-0.3, -0.25) is 0 Å². The first-order valence-electron chi connectivity index (χ1n) is 5.38. The van der Waals surface area contributed by atoms with E-state index in [4.69, 9.17) is 0 Å². The third-order valence-corrected chi connectivity index (χ3v) is 4.08. The fourth-order valence-electron chi connectivity index (χ4n) is 1.35. The lowest BCUT2D eigenvalue weighted by Crippen LogP contribution is -2.19. The third kappa shape index (κ3) is 5.00. The van der Waals surface area contributed by atoms with Crippen LogP contribution in [0.2, 0.25) is 0 Å². The van der Waals surface area contributed by atoms with Gasteiger partial charge in [0.15, 0.2) is 0 Å². The van der Waals surface area contributed by atoms with E-state index in [1.165, 1.54) is 23.6 Å². The maximum absolute atomic E-state index is 4.48. The number of thioether (sulfide) groups is 1. The molecule has 1 rings (SSSR count). The minimum absolute atomic E-state index is 0.401. The first-order chi connectivity index (χ1) is 7.24. The Morgan fingerprint density at radius 3 is 2.93 bits per heavy atom. The molecule has 0 bridgehead atoms. The zero-order valence-corrected chi connectivity index (χ0v) is 11.4. The number of hydrogen-bond donors (Lipinski definition) is 1. The van der Waals surface area contributed by atoms with Crippen LogP contribution in [0.4, 0.5) is 0 Å². The Morgan fingerprint density at radius 1 is 1.53 bits per heavy atom. The quantitative estimate of drug-likeness (QED) is 0.745. The van der Waals surface area contributed by atoms with Gasteiger partial charge in [0.05, 0.1) is 6.04 Å². The molecule has 0 saturated heterocycles. The van der Waals surface area contributed by atoms with Gasteiger partial charge in [-0.25, -0.2) is 4.98 Å². The van der Waals surface area contributed by atoms with E-state index in [9.17, 15) is 0 Å².